The van der Waals surface area contributed by atoms with Gasteiger partial charge >= 0.3 is 0 Å². The van der Waals surface area contributed by atoms with Gasteiger partial charge in [-0.2, -0.15) is 0 Å². The third kappa shape index (κ3) is 5.29. The molecule has 0 atom stereocenters. The maximum absolute atomic E-state index is 12.1. The van der Waals surface area contributed by atoms with Gasteiger partial charge < -0.3 is 9.80 Å². The van der Waals surface area contributed by atoms with Crippen molar-refractivity contribution in [1.82, 2.24) is 9.80 Å². The number of rotatable bonds is 2. The standard InChI is InChI=1S/C13H24N2O2S/c1-11(16)14-6-5-7-15(9-8-14)12(17)10-18-13(2,3)4/h5-10H2,1-4H3. The minimum absolute atomic E-state index is 0.105. The Kier molecular flexibility index (Phi) is 5.50. The van der Waals surface area contributed by atoms with E-state index in [1.54, 1.807) is 18.7 Å². The number of hydrogen-bond acceptors (Lipinski definition) is 3. The van der Waals surface area contributed by atoms with Gasteiger partial charge in [-0.15, -0.1) is 11.8 Å². The van der Waals surface area contributed by atoms with Crippen molar-refractivity contribution >= 4 is 23.6 Å². The summed E-state index contributed by atoms with van der Waals surface area (Å²) in [5.74, 6) is 0.831. The Morgan fingerprint density at radius 3 is 2.17 bits per heavy atom. The smallest absolute Gasteiger partial charge is 0.232 e. The molecule has 0 N–H and O–H groups in total. The van der Waals surface area contributed by atoms with Crippen molar-refractivity contribution in [3.05, 3.63) is 0 Å². The van der Waals surface area contributed by atoms with Crippen LogP contribution >= 0.6 is 11.8 Å². The second-order valence-corrected chi connectivity index (χ2v) is 7.44. The van der Waals surface area contributed by atoms with Crippen LogP contribution in [0.2, 0.25) is 0 Å². The first-order valence-electron chi connectivity index (χ1n) is 6.47. The van der Waals surface area contributed by atoms with Crippen molar-refractivity contribution in [1.29, 1.82) is 0 Å². The molecule has 104 valence electrons. The zero-order valence-electron chi connectivity index (χ0n) is 11.9. The van der Waals surface area contributed by atoms with Crippen LogP contribution < -0.4 is 0 Å². The van der Waals surface area contributed by atoms with E-state index in [1.807, 2.05) is 9.80 Å². The number of nitrogens with zero attached hydrogens (tertiary/aromatic N) is 2. The molecule has 1 rings (SSSR count). The normalized spacial score (nSPS) is 17.6. The molecule has 0 aromatic carbocycles. The van der Waals surface area contributed by atoms with Gasteiger partial charge in [0.15, 0.2) is 0 Å². The molecule has 4 nitrogen and oxygen atoms in total. The van der Waals surface area contributed by atoms with Crippen LogP contribution in [0.15, 0.2) is 0 Å². The fourth-order valence-corrected chi connectivity index (χ4v) is 2.59. The molecule has 1 saturated heterocycles. The van der Waals surface area contributed by atoms with Crippen molar-refractivity contribution in [3.63, 3.8) is 0 Å². The number of carbonyl (C=O) groups is 2. The summed E-state index contributed by atoms with van der Waals surface area (Å²) >= 11 is 1.68. The molecule has 0 radical (unpaired) electrons. The summed E-state index contributed by atoms with van der Waals surface area (Å²) in [6, 6.07) is 0. The Morgan fingerprint density at radius 2 is 1.61 bits per heavy atom. The van der Waals surface area contributed by atoms with E-state index >= 15 is 0 Å². The van der Waals surface area contributed by atoms with Gasteiger partial charge in [0.2, 0.25) is 11.8 Å². The first-order valence-corrected chi connectivity index (χ1v) is 7.45. The van der Waals surface area contributed by atoms with E-state index in [9.17, 15) is 9.59 Å². The van der Waals surface area contributed by atoms with Gasteiger partial charge in [-0.05, 0) is 6.42 Å². The summed E-state index contributed by atoms with van der Waals surface area (Å²) in [6.45, 7) is 10.8. The highest BCUT2D eigenvalue weighted by Crippen LogP contribution is 2.23. The van der Waals surface area contributed by atoms with E-state index in [4.69, 9.17) is 0 Å². The monoisotopic (exact) mass is 272 g/mol. The van der Waals surface area contributed by atoms with Gasteiger partial charge in [-0.1, -0.05) is 20.8 Å². The van der Waals surface area contributed by atoms with Crippen LogP contribution in [0.4, 0.5) is 0 Å². The van der Waals surface area contributed by atoms with Crippen molar-refractivity contribution in [2.75, 3.05) is 31.9 Å². The lowest BCUT2D eigenvalue weighted by Crippen LogP contribution is -2.37. The van der Waals surface area contributed by atoms with Crippen molar-refractivity contribution in [2.45, 2.75) is 38.9 Å². The predicted molar refractivity (Wildman–Crippen MR) is 75.7 cm³/mol. The van der Waals surface area contributed by atoms with E-state index < -0.39 is 0 Å². The highest BCUT2D eigenvalue weighted by Gasteiger charge is 2.21. The van der Waals surface area contributed by atoms with Crippen LogP contribution in [-0.4, -0.2) is 58.3 Å². The fourth-order valence-electron chi connectivity index (χ4n) is 1.85. The van der Waals surface area contributed by atoms with Crippen molar-refractivity contribution in [2.24, 2.45) is 0 Å². The van der Waals surface area contributed by atoms with Crippen LogP contribution in [0.1, 0.15) is 34.1 Å². The molecule has 1 heterocycles. The van der Waals surface area contributed by atoms with E-state index in [-0.39, 0.29) is 16.6 Å². The molecule has 1 aliphatic heterocycles. The van der Waals surface area contributed by atoms with E-state index in [1.165, 1.54) is 0 Å². The molecule has 0 unspecified atom stereocenters. The molecule has 0 saturated carbocycles. The number of thioether (sulfide) groups is 1. The lowest BCUT2D eigenvalue weighted by molar-refractivity contribution is -0.130. The SMILES string of the molecule is CC(=O)N1CCCN(C(=O)CSC(C)(C)C)CC1. The summed E-state index contributed by atoms with van der Waals surface area (Å²) in [5, 5.41) is 0. The molecule has 0 aromatic heterocycles. The molecule has 0 spiro atoms. The Balaban J connectivity index is 2.43. The Hall–Kier alpha value is -0.710. The second-order valence-electron chi connectivity index (χ2n) is 5.64. The summed E-state index contributed by atoms with van der Waals surface area (Å²) in [6.07, 6.45) is 0.880. The Labute approximate surface area is 114 Å². The van der Waals surface area contributed by atoms with Crippen molar-refractivity contribution in [3.8, 4) is 0 Å². The third-order valence-electron chi connectivity index (χ3n) is 2.92. The molecule has 0 bridgehead atoms. The zero-order valence-corrected chi connectivity index (χ0v) is 12.7. The van der Waals surface area contributed by atoms with Gasteiger partial charge in [-0.3, -0.25) is 9.59 Å². The zero-order chi connectivity index (χ0) is 13.8. The summed E-state index contributed by atoms with van der Waals surface area (Å²) in [5.41, 5.74) is 0. The predicted octanol–water partition coefficient (Wildman–Crippen LogP) is 1.60. The second kappa shape index (κ2) is 6.45. The first-order chi connectivity index (χ1) is 8.29. The highest BCUT2D eigenvalue weighted by molar-refractivity contribution is 8.01. The third-order valence-corrected chi connectivity index (χ3v) is 4.18. The number of hydrogen-bond donors (Lipinski definition) is 0. The quantitative estimate of drug-likeness (QED) is 0.766. The van der Waals surface area contributed by atoms with Gasteiger partial charge in [0.25, 0.3) is 0 Å². The van der Waals surface area contributed by atoms with Crippen LogP contribution in [0.25, 0.3) is 0 Å². The van der Waals surface area contributed by atoms with Crippen LogP contribution in [0, 0.1) is 0 Å². The Morgan fingerprint density at radius 1 is 1.06 bits per heavy atom. The van der Waals surface area contributed by atoms with Crippen LogP contribution in [-0.2, 0) is 9.59 Å². The maximum atomic E-state index is 12.1. The summed E-state index contributed by atoms with van der Waals surface area (Å²) < 4.78 is 0.118. The van der Waals surface area contributed by atoms with Gasteiger partial charge in [0.05, 0.1) is 5.75 Å². The number of carbonyl (C=O) groups excluding carboxylic acids is 2. The van der Waals surface area contributed by atoms with Crippen LogP contribution in [0.3, 0.4) is 0 Å². The molecule has 18 heavy (non-hydrogen) atoms. The minimum Gasteiger partial charge on any atom is -0.341 e. The van der Waals surface area contributed by atoms with Gasteiger partial charge in [-0.25, -0.2) is 0 Å². The summed E-state index contributed by atoms with van der Waals surface area (Å²) in [7, 11) is 0. The molecule has 2 amide bonds. The molecular formula is C13H24N2O2S. The average Bonchev–Trinajstić information content (AvgIpc) is 2.50. The topological polar surface area (TPSA) is 40.6 Å². The number of amides is 2. The lowest BCUT2D eigenvalue weighted by Gasteiger charge is -2.23. The lowest BCUT2D eigenvalue weighted by atomic mass is 10.3. The van der Waals surface area contributed by atoms with Crippen LogP contribution in [0.5, 0.6) is 0 Å². The maximum Gasteiger partial charge on any atom is 0.232 e. The van der Waals surface area contributed by atoms with Crippen molar-refractivity contribution < 1.29 is 9.59 Å². The molecule has 5 heteroatoms. The van der Waals surface area contributed by atoms with E-state index in [2.05, 4.69) is 20.8 Å². The fraction of sp³-hybridized carbons (Fsp3) is 0.846. The van der Waals surface area contributed by atoms with Gasteiger partial charge in [0.1, 0.15) is 0 Å². The van der Waals surface area contributed by atoms with Gasteiger partial charge in [0, 0.05) is 37.8 Å². The van der Waals surface area contributed by atoms with E-state index in [0.717, 1.165) is 19.5 Å². The Bertz CT molecular complexity index is 313. The molecule has 0 aromatic rings. The molecule has 0 aliphatic carbocycles. The molecular weight excluding hydrogens is 248 g/mol. The highest BCUT2D eigenvalue weighted by atomic mass is 32.2. The molecule has 1 fully saturated rings. The largest absolute Gasteiger partial charge is 0.341 e. The minimum atomic E-state index is 0.105. The average molecular weight is 272 g/mol. The summed E-state index contributed by atoms with van der Waals surface area (Å²) in [4.78, 5) is 27.1. The molecule has 1 aliphatic rings. The van der Waals surface area contributed by atoms with E-state index in [0.29, 0.717) is 18.8 Å². The first kappa shape index (κ1) is 15.3.